The van der Waals surface area contributed by atoms with E-state index >= 15 is 0 Å². The van der Waals surface area contributed by atoms with Crippen molar-refractivity contribution in [3.63, 3.8) is 0 Å². The summed E-state index contributed by atoms with van der Waals surface area (Å²) >= 11 is 3.13. The van der Waals surface area contributed by atoms with Gasteiger partial charge in [0.1, 0.15) is 5.75 Å². The Morgan fingerprint density at radius 1 is 1.23 bits per heavy atom. The number of hydrogen-bond acceptors (Lipinski definition) is 4. The van der Waals surface area contributed by atoms with E-state index in [1.54, 1.807) is 43.5 Å². The number of rotatable bonds is 5. The van der Waals surface area contributed by atoms with E-state index in [9.17, 15) is 9.59 Å². The van der Waals surface area contributed by atoms with Crippen LogP contribution < -0.4 is 10.1 Å². The molecule has 1 N–H and O–H groups in total. The summed E-state index contributed by atoms with van der Waals surface area (Å²) in [5, 5.41) is 2.71. The maximum Gasteiger partial charge on any atom is 0.289 e. The van der Waals surface area contributed by atoms with Gasteiger partial charge in [0.25, 0.3) is 5.91 Å². The molecule has 0 aliphatic heterocycles. The van der Waals surface area contributed by atoms with Crippen molar-refractivity contribution in [1.82, 2.24) is 4.90 Å². The van der Waals surface area contributed by atoms with Crippen molar-refractivity contribution in [3.05, 3.63) is 46.8 Å². The van der Waals surface area contributed by atoms with Crippen LogP contribution in [-0.4, -0.2) is 37.4 Å². The Balaban J connectivity index is 1.91. The van der Waals surface area contributed by atoms with Gasteiger partial charge in [0.15, 0.2) is 10.4 Å². The number of benzene rings is 1. The number of carbonyl (C=O) groups excluding carboxylic acids is 2. The van der Waals surface area contributed by atoms with Gasteiger partial charge in [0, 0.05) is 12.7 Å². The van der Waals surface area contributed by atoms with Gasteiger partial charge in [0.2, 0.25) is 5.91 Å². The number of likely N-dealkylation sites (N-methyl/N-ethyl adjacent to an activating group) is 1. The van der Waals surface area contributed by atoms with Gasteiger partial charge in [-0.1, -0.05) is 0 Å². The predicted octanol–water partition coefficient (Wildman–Crippen LogP) is 2.76. The largest absolute Gasteiger partial charge is 0.497 e. The van der Waals surface area contributed by atoms with Gasteiger partial charge >= 0.3 is 0 Å². The molecule has 1 aromatic carbocycles. The van der Waals surface area contributed by atoms with E-state index in [1.165, 1.54) is 11.9 Å². The summed E-state index contributed by atoms with van der Waals surface area (Å²) in [5.74, 6) is 0.211. The predicted molar refractivity (Wildman–Crippen MR) is 85.0 cm³/mol. The quantitative estimate of drug-likeness (QED) is 0.882. The Labute approximate surface area is 136 Å². The number of furan rings is 1. The Morgan fingerprint density at radius 3 is 2.45 bits per heavy atom. The van der Waals surface area contributed by atoms with E-state index in [0.29, 0.717) is 16.1 Å². The van der Waals surface area contributed by atoms with Gasteiger partial charge in [-0.25, -0.2) is 0 Å². The molecule has 2 aromatic rings. The van der Waals surface area contributed by atoms with Crippen LogP contribution in [0.5, 0.6) is 5.75 Å². The molecule has 0 bridgehead atoms. The highest BCUT2D eigenvalue weighted by molar-refractivity contribution is 9.10. The van der Waals surface area contributed by atoms with Crippen molar-refractivity contribution in [1.29, 1.82) is 0 Å². The highest BCUT2D eigenvalue weighted by Crippen LogP contribution is 2.16. The number of nitrogens with one attached hydrogen (secondary N) is 1. The van der Waals surface area contributed by atoms with E-state index in [4.69, 9.17) is 9.15 Å². The van der Waals surface area contributed by atoms with E-state index < -0.39 is 0 Å². The summed E-state index contributed by atoms with van der Waals surface area (Å²) in [5.41, 5.74) is 0.632. The topological polar surface area (TPSA) is 71.8 Å². The molecule has 2 amide bonds. The molecule has 1 heterocycles. The minimum atomic E-state index is -0.365. The van der Waals surface area contributed by atoms with Crippen LogP contribution in [0.1, 0.15) is 10.6 Å². The van der Waals surface area contributed by atoms with Crippen molar-refractivity contribution < 1.29 is 18.7 Å². The summed E-state index contributed by atoms with van der Waals surface area (Å²) in [6, 6.07) is 10.1. The average Bonchev–Trinajstić information content (AvgIpc) is 2.93. The SMILES string of the molecule is COc1ccc(NC(=O)CN(C)C(=O)c2ccc(Br)o2)cc1. The third kappa shape index (κ3) is 4.11. The van der Waals surface area contributed by atoms with Crippen molar-refractivity contribution in [3.8, 4) is 5.75 Å². The van der Waals surface area contributed by atoms with Crippen LogP contribution >= 0.6 is 15.9 Å². The summed E-state index contributed by atoms with van der Waals surface area (Å²) < 4.78 is 10.7. The molecule has 0 atom stereocenters. The standard InChI is InChI=1S/C15H15BrN2O4/c1-18(15(20)12-7-8-13(16)22-12)9-14(19)17-10-3-5-11(21-2)6-4-10/h3-8H,9H2,1-2H3,(H,17,19). The normalized spacial score (nSPS) is 10.1. The van der Waals surface area contributed by atoms with Gasteiger partial charge in [-0.3, -0.25) is 9.59 Å². The molecule has 0 aliphatic rings. The zero-order chi connectivity index (χ0) is 16.1. The van der Waals surface area contributed by atoms with Crippen molar-refractivity contribution in [2.24, 2.45) is 0 Å². The van der Waals surface area contributed by atoms with Crippen molar-refractivity contribution >= 4 is 33.4 Å². The first-order valence-electron chi connectivity index (χ1n) is 6.44. The van der Waals surface area contributed by atoms with Gasteiger partial charge in [-0.05, 0) is 52.3 Å². The highest BCUT2D eigenvalue weighted by atomic mass is 79.9. The Kier molecular flexibility index (Phi) is 5.21. The molecule has 22 heavy (non-hydrogen) atoms. The zero-order valence-electron chi connectivity index (χ0n) is 12.1. The van der Waals surface area contributed by atoms with Crippen LogP contribution in [0.4, 0.5) is 5.69 Å². The zero-order valence-corrected chi connectivity index (χ0v) is 13.7. The summed E-state index contributed by atoms with van der Waals surface area (Å²) in [4.78, 5) is 25.3. The molecule has 0 radical (unpaired) electrons. The van der Waals surface area contributed by atoms with Crippen LogP contribution in [0.15, 0.2) is 45.5 Å². The molecule has 0 aliphatic carbocycles. The van der Waals surface area contributed by atoms with Gasteiger partial charge in [-0.15, -0.1) is 0 Å². The monoisotopic (exact) mass is 366 g/mol. The van der Waals surface area contributed by atoms with Crippen LogP contribution in [0.3, 0.4) is 0 Å². The Bertz CT molecular complexity index is 666. The summed E-state index contributed by atoms with van der Waals surface area (Å²) in [6.45, 7) is -0.0802. The van der Waals surface area contributed by atoms with E-state index in [0.717, 1.165) is 0 Å². The lowest BCUT2D eigenvalue weighted by atomic mass is 10.3. The lowest BCUT2D eigenvalue weighted by Gasteiger charge is -2.15. The van der Waals surface area contributed by atoms with Crippen molar-refractivity contribution in [2.45, 2.75) is 0 Å². The van der Waals surface area contributed by atoms with Gasteiger partial charge < -0.3 is 19.4 Å². The molecule has 7 heteroatoms. The number of hydrogen-bond donors (Lipinski definition) is 1. The van der Waals surface area contributed by atoms with Gasteiger partial charge in [0.05, 0.1) is 13.7 Å². The first kappa shape index (κ1) is 16.1. The number of nitrogens with zero attached hydrogens (tertiary/aromatic N) is 1. The highest BCUT2D eigenvalue weighted by Gasteiger charge is 2.18. The Hall–Kier alpha value is -2.28. The van der Waals surface area contributed by atoms with Crippen LogP contribution in [0, 0.1) is 0 Å². The molecule has 0 unspecified atom stereocenters. The third-order valence-corrected chi connectivity index (χ3v) is 3.31. The molecule has 0 fully saturated rings. The number of anilines is 1. The molecule has 0 saturated carbocycles. The summed E-state index contributed by atoms with van der Waals surface area (Å²) in [7, 11) is 3.10. The number of amides is 2. The van der Waals surface area contributed by atoms with Gasteiger partial charge in [-0.2, -0.15) is 0 Å². The van der Waals surface area contributed by atoms with E-state index in [1.807, 2.05) is 0 Å². The molecule has 0 spiro atoms. The lowest BCUT2D eigenvalue weighted by molar-refractivity contribution is -0.116. The van der Waals surface area contributed by atoms with Crippen molar-refractivity contribution in [2.75, 3.05) is 26.0 Å². The second-order valence-corrected chi connectivity index (χ2v) is 5.32. The van der Waals surface area contributed by atoms with E-state index in [-0.39, 0.29) is 24.1 Å². The third-order valence-electron chi connectivity index (χ3n) is 2.89. The Morgan fingerprint density at radius 2 is 1.91 bits per heavy atom. The second-order valence-electron chi connectivity index (χ2n) is 4.54. The second kappa shape index (κ2) is 7.13. The van der Waals surface area contributed by atoms with Crippen LogP contribution in [0.25, 0.3) is 0 Å². The molecular formula is C15H15BrN2O4. The molecule has 116 valence electrons. The molecule has 1 aromatic heterocycles. The lowest BCUT2D eigenvalue weighted by Crippen LogP contribution is -2.34. The first-order valence-corrected chi connectivity index (χ1v) is 7.23. The molecule has 6 nitrogen and oxygen atoms in total. The molecule has 2 rings (SSSR count). The fourth-order valence-corrected chi connectivity index (χ4v) is 2.09. The number of methoxy groups -OCH3 is 1. The van der Waals surface area contributed by atoms with Crippen LogP contribution in [0.2, 0.25) is 0 Å². The minimum absolute atomic E-state index is 0.0802. The fourth-order valence-electron chi connectivity index (χ4n) is 1.78. The smallest absolute Gasteiger partial charge is 0.289 e. The fraction of sp³-hybridized carbons (Fsp3) is 0.200. The number of ether oxygens (including phenoxy) is 1. The van der Waals surface area contributed by atoms with Crippen LogP contribution in [-0.2, 0) is 4.79 Å². The average molecular weight is 367 g/mol. The maximum absolute atomic E-state index is 12.0. The maximum atomic E-state index is 12.0. The number of halogens is 1. The molecular weight excluding hydrogens is 352 g/mol. The first-order chi connectivity index (χ1) is 10.5. The molecule has 0 saturated heterocycles. The number of carbonyl (C=O) groups is 2. The van der Waals surface area contributed by atoms with E-state index in [2.05, 4.69) is 21.2 Å². The summed E-state index contributed by atoms with van der Waals surface area (Å²) in [6.07, 6.45) is 0. The minimum Gasteiger partial charge on any atom is -0.497 e.